The van der Waals surface area contributed by atoms with Crippen LogP contribution in [-0.4, -0.2) is 12.3 Å². The number of thiophene rings is 1. The Kier molecular flexibility index (Phi) is 4.12. The maximum absolute atomic E-state index is 11.6. The van der Waals surface area contributed by atoms with Crippen LogP contribution in [-0.2, 0) is 11.2 Å². The summed E-state index contributed by atoms with van der Waals surface area (Å²) >= 11 is 1.63. The molecule has 0 fully saturated rings. The Morgan fingerprint density at radius 1 is 1.69 bits per heavy atom. The lowest BCUT2D eigenvalue weighted by Gasteiger charge is -2.06. The third-order valence-electron chi connectivity index (χ3n) is 2.08. The van der Waals surface area contributed by atoms with Crippen molar-refractivity contribution in [2.75, 3.05) is 6.54 Å². The zero-order valence-electron chi connectivity index (χ0n) is 7.82. The van der Waals surface area contributed by atoms with E-state index in [4.69, 9.17) is 5.73 Å². The molecule has 0 aliphatic heterocycles. The summed E-state index contributed by atoms with van der Waals surface area (Å²) in [5.41, 5.74) is 5.39. The van der Waals surface area contributed by atoms with E-state index in [-0.39, 0.29) is 5.92 Å². The van der Waals surface area contributed by atoms with Crippen LogP contribution in [0.4, 0.5) is 0 Å². The van der Waals surface area contributed by atoms with E-state index in [1.165, 1.54) is 0 Å². The van der Waals surface area contributed by atoms with Crippen molar-refractivity contribution in [3.63, 3.8) is 0 Å². The molecular weight excluding hydrogens is 182 g/mol. The van der Waals surface area contributed by atoms with E-state index in [2.05, 4.69) is 0 Å². The van der Waals surface area contributed by atoms with E-state index in [1.807, 2.05) is 24.4 Å². The van der Waals surface area contributed by atoms with Crippen LogP contribution in [0.15, 0.2) is 17.5 Å². The summed E-state index contributed by atoms with van der Waals surface area (Å²) < 4.78 is 0. The summed E-state index contributed by atoms with van der Waals surface area (Å²) in [5, 5.41) is 2.00. The molecule has 0 aliphatic carbocycles. The maximum Gasteiger partial charge on any atom is 0.140 e. The summed E-state index contributed by atoms with van der Waals surface area (Å²) in [5.74, 6) is 0.403. The topological polar surface area (TPSA) is 43.1 Å². The molecule has 0 aliphatic rings. The van der Waals surface area contributed by atoms with Gasteiger partial charge in [-0.25, -0.2) is 0 Å². The minimum atomic E-state index is 0.104. The second kappa shape index (κ2) is 5.14. The fourth-order valence-electron chi connectivity index (χ4n) is 1.17. The molecule has 1 aromatic rings. The third-order valence-corrected chi connectivity index (χ3v) is 2.95. The largest absolute Gasteiger partial charge is 0.330 e. The summed E-state index contributed by atoms with van der Waals surface area (Å²) in [7, 11) is 0. The van der Waals surface area contributed by atoms with Crippen molar-refractivity contribution < 1.29 is 4.79 Å². The monoisotopic (exact) mass is 197 g/mol. The fraction of sp³-hybridized carbons (Fsp3) is 0.500. The maximum atomic E-state index is 11.6. The zero-order valence-corrected chi connectivity index (χ0v) is 8.64. The fourth-order valence-corrected chi connectivity index (χ4v) is 1.88. The Hall–Kier alpha value is -0.670. The van der Waals surface area contributed by atoms with Gasteiger partial charge in [-0.2, -0.15) is 0 Å². The molecule has 1 atom stereocenters. The van der Waals surface area contributed by atoms with Crippen LogP contribution in [0.5, 0.6) is 0 Å². The lowest BCUT2D eigenvalue weighted by Crippen LogP contribution is -2.16. The molecule has 0 aromatic carbocycles. The van der Waals surface area contributed by atoms with E-state index in [9.17, 15) is 4.79 Å². The molecule has 13 heavy (non-hydrogen) atoms. The first-order chi connectivity index (χ1) is 6.24. The van der Waals surface area contributed by atoms with Gasteiger partial charge in [-0.1, -0.05) is 13.0 Å². The normalized spacial score (nSPS) is 12.8. The number of hydrogen-bond acceptors (Lipinski definition) is 3. The lowest BCUT2D eigenvalue weighted by molar-refractivity contribution is -0.121. The Bertz CT molecular complexity index is 256. The average molecular weight is 197 g/mol. The van der Waals surface area contributed by atoms with Crippen LogP contribution in [0.25, 0.3) is 0 Å². The standard InChI is InChI=1S/C10H15NOS/c1-8(4-5-11)10(12)7-9-3-2-6-13-9/h2-3,6,8H,4-5,7,11H2,1H3. The molecule has 0 bridgehead atoms. The molecule has 0 amide bonds. The minimum absolute atomic E-state index is 0.104. The smallest absolute Gasteiger partial charge is 0.140 e. The van der Waals surface area contributed by atoms with E-state index >= 15 is 0 Å². The molecular formula is C10H15NOS. The number of carbonyl (C=O) groups is 1. The Balaban J connectivity index is 2.41. The van der Waals surface area contributed by atoms with Crippen molar-refractivity contribution in [3.05, 3.63) is 22.4 Å². The minimum Gasteiger partial charge on any atom is -0.330 e. The van der Waals surface area contributed by atoms with Crippen molar-refractivity contribution in [1.29, 1.82) is 0 Å². The summed E-state index contributed by atoms with van der Waals surface area (Å²) in [6.07, 6.45) is 1.36. The molecule has 0 spiro atoms. The van der Waals surface area contributed by atoms with Crippen molar-refractivity contribution in [2.24, 2.45) is 11.7 Å². The van der Waals surface area contributed by atoms with Gasteiger partial charge in [0, 0.05) is 17.2 Å². The SMILES string of the molecule is CC(CCN)C(=O)Cc1cccs1. The van der Waals surface area contributed by atoms with Crippen molar-refractivity contribution in [3.8, 4) is 0 Å². The highest BCUT2D eigenvalue weighted by atomic mass is 32.1. The first-order valence-electron chi connectivity index (χ1n) is 4.49. The van der Waals surface area contributed by atoms with Gasteiger partial charge in [0.15, 0.2) is 0 Å². The van der Waals surface area contributed by atoms with Gasteiger partial charge in [0.1, 0.15) is 5.78 Å². The van der Waals surface area contributed by atoms with Gasteiger partial charge in [0.2, 0.25) is 0 Å². The van der Waals surface area contributed by atoms with Crippen molar-refractivity contribution in [1.82, 2.24) is 0 Å². The Morgan fingerprint density at radius 2 is 2.46 bits per heavy atom. The van der Waals surface area contributed by atoms with Crippen LogP contribution in [0.3, 0.4) is 0 Å². The van der Waals surface area contributed by atoms with Gasteiger partial charge >= 0.3 is 0 Å². The molecule has 0 radical (unpaired) electrons. The zero-order chi connectivity index (χ0) is 9.68. The molecule has 0 saturated carbocycles. The van der Waals surface area contributed by atoms with Gasteiger partial charge in [-0.05, 0) is 24.4 Å². The van der Waals surface area contributed by atoms with Gasteiger partial charge in [0.25, 0.3) is 0 Å². The van der Waals surface area contributed by atoms with Gasteiger partial charge in [-0.3, -0.25) is 4.79 Å². The second-order valence-electron chi connectivity index (χ2n) is 3.20. The van der Waals surface area contributed by atoms with Gasteiger partial charge in [-0.15, -0.1) is 11.3 Å². The number of Topliss-reactive ketones (excluding diaryl/α,β-unsaturated/α-hetero) is 1. The Labute approximate surface area is 82.8 Å². The van der Waals surface area contributed by atoms with Crippen LogP contribution in [0.2, 0.25) is 0 Å². The molecule has 3 heteroatoms. The van der Waals surface area contributed by atoms with Crippen LogP contribution >= 0.6 is 11.3 Å². The van der Waals surface area contributed by atoms with Crippen LogP contribution < -0.4 is 5.73 Å². The molecule has 1 unspecified atom stereocenters. The molecule has 2 nitrogen and oxygen atoms in total. The van der Waals surface area contributed by atoms with Crippen LogP contribution in [0, 0.1) is 5.92 Å². The highest BCUT2D eigenvalue weighted by Crippen LogP contribution is 2.13. The lowest BCUT2D eigenvalue weighted by atomic mass is 10.00. The molecule has 0 saturated heterocycles. The van der Waals surface area contributed by atoms with Gasteiger partial charge < -0.3 is 5.73 Å². The summed E-state index contributed by atoms with van der Waals surface area (Å²) in [4.78, 5) is 12.7. The summed E-state index contributed by atoms with van der Waals surface area (Å²) in [6, 6.07) is 3.97. The first-order valence-corrected chi connectivity index (χ1v) is 5.37. The molecule has 1 rings (SSSR count). The third kappa shape index (κ3) is 3.28. The van der Waals surface area contributed by atoms with Crippen molar-refractivity contribution in [2.45, 2.75) is 19.8 Å². The van der Waals surface area contributed by atoms with Crippen LogP contribution in [0.1, 0.15) is 18.2 Å². The number of hydrogen-bond donors (Lipinski definition) is 1. The highest BCUT2D eigenvalue weighted by Gasteiger charge is 2.12. The van der Waals surface area contributed by atoms with E-state index in [0.29, 0.717) is 18.7 Å². The molecule has 1 heterocycles. The van der Waals surface area contributed by atoms with Gasteiger partial charge in [0.05, 0.1) is 0 Å². The number of ketones is 1. The average Bonchev–Trinajstić information content (AvgIpc) is 2.57. The molecule has 72 valence electrons. The summed E-state index contributed by atoms with van der Waals surface area (Å²) in [6.45, 7) is 2.54. The predicted octanol–water partition coefficient (Wildman–Crippen LogP) is 1.84. The number of carbonyl (C=O) groups excluding carboxylic acids is 1. The molecule has 1 aromatic heterocycles. The predicted molar refractivity (Wildman–Crippen MR) is 55.9 cm³/mol. The van der Waals surface area contributed by atoms with E-state index < -0.39 is 0 Å². The quantitative estimate of drug-likeness (QED) is 0.782. The number of rotatable bonds is 5. The first kappa shape index (κ1) is 10.4. The van der Waals surface area contributed by atoms with E-state index in [1.54, 1.807) is 11.3 Å². The van der Waals surface area contributed by atoms with Crippen molar-refractivity contribution >= 4 is 17.1 Å². The second-order valence-corrected chi connectivity index (χ2v) is 4.23. The number of nitrogens with two attached hydrogens (primary N) is 1. The Morgan fingerprint density at radius 3 is 3.00 bits per heavy atom. The highest BCUT2D eigenvalue weighted by molar-refractivity contribution is 7.10. The van der Waals surface area contributed by atoms with E-state index in [0.717, 1.165) is 11.3 Å². The molecule has 2 N–H and O–H groups in total.